The van der Waals surface area contributed by atoms with Gasteiger partial charge in [0.25, 0.3) is 5.91 Å². The Morgan fingerprint density at radius 3 is 2.33 bits per heavy atom. The van der Waals surface area contributed by atoms with Crippen LogP contribution in [0.25, 0.3) is 5.82 Å². The molecule has 4 rings (SSSR count). The Labute approximate surface area is 191 Å². The van der Waals surface area contributed by atoms with E-state index in [4.69, 9.17) is 10.5 Å². The number of aryl methyl sites for hydroxylation is 1. The summed E-state index contributed by atoms with van der Waals surface area (Å²) in [5, 5.41) is 0. The second kappa shape index (κ2) is 8.79. The molecule has 1 aliphatic rings. The molecule has 0 unspecified atom stereocenters. The average Bonchev–Trinajstić information content (AvgIpc) is 3.16. The molecule has 174 valence electrons. The van der Waals surface area contributed by atoms with Gasteiger partial charge in [0.2, 0.25) is 10.0 Å². The number of primary amides is 1. The van der Waals surface area contributed by atoms with E-state index in [0.29, 0.717) is 24.7 Å². The lowest BCUT2D eigenvalue weighted by molar-refractivity contribution is 0.0997. The number of carbonyl (C=O) groups is 1. The summed E-state index contributed by atoms with van der Waals surface area (Å²) < 4.78 is 34.7. The molecule has 2 aromatic heterocycles. The van der Waals surface area contributed by atoms with Gasteiger partial charge in [0.15, 0.2) is 0 Å². The van der Waals surface area contributed by atoms with E-state index < -0.39 is 15.9 Å². The number of anilines is 1. The van der Waals surface area contributed by atoms with E-state index in [1.807, 2.05) is 29.4 Å². The van der Waals surface area contributed by atoms with Gasteiger partial charge >= 0.3 is 0 Å². The molecule has 0 bridgehead atoms. The van der Waals surface area contributed by atoms with Gasteiger partial charge in [-0.25, -0.2) is 23.4 Å². The lowest BCUT2D eigenvalue weighted by Crippen LogP contribution is -2.49. The Kier molecular flexibility index (Phi) is 6.04. The summed E-state index contributed by atoms with van der Waals surface area (Å²) in [5.41, 5.74) is 7.31. The Hall–Kier alpha value is -3.51. The number of nitrogens with zero attached hydrogens (tertiary/aromatic N) is 6. The van der Waals surface area contributed by atoms with E-state index in [1.165, 1.54) is 35.9 Å². The van der Waals surface area contributed by atoms with E-state index >= 15 is 0 Å². The van der Waals surface area contributed by atoms with Gasteiger partial charge in [-0.05, 0) is 32.0 Å². The number of carbonyl (C=O) groups excluding carboxylic acids is 1. The predicted molar refractivity (Wildman–Crippen MR) is 121 cm³/mol. The zero-order valence-electron chi connectivity index (χ0n) is 18.6. The first-order valence-electron chi connectivity index (χ1n) is 10.3. The number of rotatable bonds is 6. The first kappa shape index (κ1) is 22.7. The van der Waals surface area contributed by atoms with Crippen molar-refractivity contribution < 1.29 is 17.9 Å². The van der Waals surface area contributed by atoms with Gasteiger partial charge in [0, 0.05) is 37.9 Å². The highest BCUT2D eigenvalue weighted by molar-refractivity contribution is 7.89. The van der Waals surface area contributed by atoms with Crippen LogP contribution in [-0.4, -0.2) is 71.4 Å². The number of benzene rings is 1. The number of piperazine rings is 1. The van der Waals surface area contributed by atoms with Crippen LogP contribution in [-0.2, 0) is 10.0 Å². The van der Waals surface area contributed by atoms with Gasteiger partial charge in [0.1, 0.15) is 30.0 Å². The van der Waals surface area contributed by atoms with Crippen molar-refractivity contribution in [1.29, 1.82) is 0 Å². The van der Waals surface area contributed by atoms with E-state index in [0.717, 1.165) is 11.4 Å². The van der Waals surface area contributed by atoms with E-state index in [9.17, 15) is 13.2 Å². The first-order chi connectivity index (χ1) is 15.7. The number of sulfonamides is 1. The van der Waals surface area contributed by atoms with Crippen molar-refractivity contribution in [3.63, 3.8) is 0 Å². The van der Waals surface area contributed by atoms with Crippen LogP contribution in [0.3, 0.4) is 0 Å². The van der Waals surface area contributed by atoms with Crippen LogP contribution >= 0.6 is 0 Å². The van der Waals surface area contributed by atoms with Gasteiger partial charge in [-0.3, -0.25) is 9.36 Å². The molecule has 1 amide bonds. The van der Waals surface area contributed by atoms with Crippen molar-refractivity contribution in [2.24, 2.45) is 5.73 Å². The number of hydrogen-bond acceptors (Lipinski definition) is 8. The minimum Gasteiger partial charge on any atom is -0.496 e. The molecule has 1 aromatic carbocycles. The SMILES string of the molecule is COc1ccc(S(=O)(=O)N2CCN(c3cc(-n4cnc(C)c4C)ncn3)CC2)cc1C(N)=O. The predicted octanol–water partition coefficient (Wildman–Crippen LogP) is 0.898. The molecule has 0 saturated carbocycles. The van der Waals surface area contributed by atoms with E-state index in [2.05, 4.69) is 15.0 Å². The third kappa shape index (κ3) is 4.26. The normalized spacial score (nSPS) is 14.9. The molecular formula is C21H25N7O4S. The highest BCUT2D eigenvalue weighted by Gasteiger charge is 2.30. The Bertz CT molecular complexity index is 1300. The molecule has 3 heterocycles. The summed E-state index contributed by atoms with van der Waals surface area (Å²) in [6.07, 6.45) is 3.21. The largest absolute Gasteiger partial charge is 0.496 e. The summed E-state index contributed by atoms with van der Waals surface area (Å²) in [5.74, 6) is 0.888. The van der Waals surface area contributed by atoms with Crippen LogP contribution in [0.15, 0.2) is 41.8 Å². The summed E-state index contributed by atoms with van der Waals surface area (Å²) >= 11 is 0. The molecule has 0 aliphatic carbocycles. The van der Waals surface area contributed by atoms with Crippen LogP contribution in [0.2, 0.25) is 0 Å². The quantitative estimate of drug-likeness (QED) is 0.560. The van der Waals surface area contributed by atoms with Crippen molar-refractivity contribution in [3.8, 4) is 11.6 Å². The molecule has 11 nitrogen and oxygen atoms in total. The molecule has 3 aromatic rings. The van der Waals surface area contributed by atoms with Crippen molar-refractivity contribution in [1.82, 2.24) is 23.8 Å². The van der Waals surface area contributed by atoms with Crippen molar-refractivity contribution >= 4 is 21.7 Å². The molecule has 0 spiro atoms. The topological polar surface area (TPSA) is 137 Å². The van der Waals surface area contributed by atoms with Crippen LogP contribution < -0.4 is 15.4 Å². The van der Waals surface area contributed by atoms with Crippen molar-refractivity contribution in [3.05, 3.63) is 53.9 Å². The zero-order chi connectivity index (χ0) is 23.8. The summed E-state index contributed by atoms with van der Waals surface area (Å²) in [6.45, 7) is 5.35. The van der Waals surface area contributed by atoms with E-state index in [1.54, 1.807) is 6.33 Å². The molecule has 1 fully saturated rings. The fourth-order valence-corrected chi connectivity index (χ4v) is 5.17. The second-order valence-electron chi connectivity index (χ2n) is 7.64. The number of imidazole rings is 1. The molecule has 12 heteroatoms. The lowest BCUT2D eigenvalue weighted by atomic mass is 10.2. The minimum atomic E-state index is -3.80. The maximum absolute atomic E-state index is 13.2. The van der Waals surface area contributed by atoms with Gasteiger partial charge in [0.05, 0.1) is 23.3 Å². The molecule has 2 N–H and O–H groups in total. The van der Waals surface area contributed by atoms with Crippen molar-refractivity contribution in [2.75, 3.05) is 38.2 Å². The fraction of sp³-hybridized carbons (Fsp3) is 0.333. The van der Waals surface area contributed by atoms with Crippen LogP contribution in [0, 0.1) is 13.8 Å². The minimum absolute atomic E-state index is 0.000764. The molecule has 33 heavy (non-hydrogen) atoms. The number of amides is 1. The number of methoxy groups -OCH3 is 1. The Morgan fingerprint density at radius 2 is 1.73 bits per heavy atom. The summed E-state index contributed by atoms with van der Waals surface area (Å²) in [6, 6.07) is 5.97. The molecule has 1 aliphatic heterocycles. The third-order valence-electron chi connectivity index (χ3n) is 5.77. The maximum Gasteiger partial charge on any atom is 0.252 e. The van der Waals surface area contributed by atoms with Crippen molar-refractivity contribution in [2.45, 2.75) is 18.7 Å². The number of ether oxygens (including phenoxy) is 1. The number of aromatic nitrogens is 4. The van der Waals surface area contributed by atoms with Crippen LogP contribution in [0.5, 0.6) is 5.75 Å². The molecular weight excluding hydrogens is 446 g/mol. The Balaban J connectivity index is 1.51. The van der Waals surface area contributed by atoms with Gasteiger partial charge in [-0.1, -0.05) is 0 Å². The monoisotopic (exact) mass is 471 g/mol. The zero-order valence-corrected chi connectivity index (χ0v) is 19.4. The van der Waals surface area contributed by atoms with Gasteiger partial charge in [-0.2, -0.15) is 4.31 Å². The van der Waals surface area contributed by atoms with Gasteiger partial charge in [-0.15, -0.1) is 0 Å². The highest BCUT2D eigenvalue weighted by atomic mass is 32.2. The highest BCUT2D eigenvalue weighted by Crippen LogP contribution is 2.26. The fourth-order valence-electron chi connectivity index (χ4n) is 3.72. The van der Waals surface area contributed by atoms with Crippen LogP contribution in [0.1, 0.15) is 21.7 Å². The van der Waals surface area contributed by atoms with Gasteiger partial charge < -0.3 is 15.4 Å². The van der Waals surface area contributed by atoms with Crippen LogP contribution in [0.4, 0.5) is 5.82 Å². The smallest absolute Gasteiger partial charge is 0.252 e. The molecule has 1 saturated heterocycles. The third-order valence-corrected chi connectivity index (χ3v) is 7.67. The maximum atomic E-state index is 13.2. The number of nitrogens with two attached hydrogens (primary N) is 1. The first-order valence-corrected chi connectivity index (χ1v) is 11.7. The summed E-state index contributed by atoms with van der Waals surface area (Å²) in [4.78, 5) is 26.7. The Morgan fingerprint density at radius 1 is 1.03 bits per heavy atom. The lowest BCUT2D eigenvalue weighted by Gasteiger charge is -2.34. The second-order valence-corrected chi connectivity index (χ2v) is 9.58. The molecule has 0 atom stereocenters. The average molecular weight is 472 g/mol. The summed E-state index contributed by atoms with van der Waals surface area (Å²) in [7, 11) is -2.41. The molecule has 0 radical (unpaired) electrons. The standard InChI is InChI=1S/C21H25N7O4S/c1-14-15(2)28(13-25-14)20-11-19(23-12-24-20)26-6-8-27(9-7-26)33(30,31)16-4-5-18(32-3)17(10-16)21(22)29/h4-5,10-13H,6-9H2,1-3H3,(H2,22,29). The number of hydrogen-bond donors (Lipinski definition) is 1. The van der Waals surface area contributed by atoms with E-state index in [-0.39, 0.29) is 29.3 Å².